The molecule has 3 aromatic rings. The summed E-state index contributed by atoms with van der Waals surface area (Å²) in [5.41, 5.74) is -11.9. The molecule has 0 aliphatic heterocycles. The number of hydrogen-bond acceptors (Lipinski definition) is 4. The topological polar surface area (TPSA) is 78.9 Å². The Labute approximate surface area is 208 Å². The van der Waals surface area contributed by atoms with Crippen molar-refractivity contribution in [1.82, 2.24) is 9.78 Å². The molecule has 17 heteroatoms. The van der Waals surface area contributed by atoms with Crippen molar-refractivity contribution >= 4 is 5.78 Å². The van der Waals surface area contributed by atoms with E-state index in [2.05, 4.69) is 5.10 Å². The monoisotopic (exact) mass is 592 g/mol. The Balaban J connectivity index is 0.00000481. The van der Waals surface area contributed by atoms with Gasteiger partial charge in [-0.25, -0.2) is 22.0 Å². The van der Waals surface area contributed by atoms with Crippen LogP contribution < -0.4 is 0 Å². The number of nitriles is 1. The second-order valence-electron chi connectivity index (χ2n) is 7.00. The molecule has 0 aliphatic rings. The number of carbonyl (C=O) groups excluding carboxylic acids is 1. The van der Waals surface area contributed by atoms with Crippen molar-refractivity contribution in [2.75, 3.05) is 0 Å². The third-order valence-electron chi connectivity index (χ3n) is 4.77. The van der Waals surface area contributed by atoms with E-state index in [0.717, 1.165) is 13.0 Å². The van der Waals surface area contributed by atoms with E-state index in [1.54, 1.807) is 0 Å². The fourth-order valence-electron chi connectivity index (χ4n) is 3.15. The fourth-order valence-corrected chi connectivity index (χ4v) is 3.15. The standard InChI is InChI=1S/C20H6F11N3O2.Cu/c1-5-10(17(35)6-2-8(19(26,27)28)13(23)9(3-6)20(29,30)31)18(36)34(33-5)16-14(24)11(21)7(4-32)12(22)15(16)25;/h2-3,36H,1H3;. The van der Waals surface area contributed by atoms with Gasteiger partial charge in [0, 0.05) is 22.6 Å². The van der Waals surface area contributed by atoms with Crippen LogP contribution in [0.25, 0.3) is 5.69 Å². The molecule has 0 saturated heterocycles. The molecule has 1 aromatic heterocycles. The molecule has 1 heterocycles. The van der Waals surface area contributed by atoms with Gasteiger partial charge in [-0.1, -0.05) is 0 Å². The predicted molar refractivity (Wildman–Crippen MR) is 94.3 cm³/mol. The molecule has 0 saturated carbocycles. The van der Waals surface area contributed by atoms with Crippen LogP contribution in [0.4, 0.5) is 48.3 Å². The van der Waals surface area contributed by atoms with Crippen molar-refractivity contribution < 1.29 is 75.3 Å². The summed E-state index contributed by atoms with van der Waals surface area (Å²) in [5, 5.41) is 22.2. The summed E-state index contributed by atoms with van der Waals surface area (Å²) in [5.74, 6) is -15.2. The van der Waals surface area contributed by atoms with E-state index in [4.69, 9.17) is 5.26 Å². The number of halogens is 11. The van der Waals surface area contributed by atoms with Crippen LogP contribution in [0.3, 0.4) is 0 Å². The van der Waals surface area contributed by atoms with Crippen molar-refractivity contribution in [3.05, 3.63) is 74.7 Å². The number of aryl methyl sites for hydroxylation is 1. The van der Waals surface area contributed by atoms with Crippen molar-refractivity contribution in [1.29, 1.82) is 5.26 Å². The Morgan fingerprint density at radius 3 is 1.70 bits per heavy atom. The smallest absolute Gasteiger partial charge is 0.419 e. The Bertz CT molecular complexity index is 1410. The Hall–Kier alpha value is -3.64. The summed E-state index contributed by atoms with van der Waals surface area (Å²) in [6, 6.07) is 0.243. The number of carbonyl (C=O) groups is 1. The molecule has 0 amide bonds. The molecule has 0 atom stereocenters. The van der Waals surface area contributed by atoms with Crippen molar-refractivity contribution in [3.8, 4) is 17.6 Å². The summed E-state index contributed by atoms with van der Waals surface area (Å²) in [4.78, 5) is 12.8. The van der Waals surface area contributed by atoms with Crippen LogP contribution in [-0.2, 0) is 29.4 Å². The predicted octanol–water partition coefficient (Wildman–Crippen LogP) is 5.72. The van der Waals surface area contributed by atoms with Crippen molar-refractivity contribution in [2.24, 2.45) is 0 Å². The van der Waals surface area contributed by atoms with Crippen LogP contribution in [0.1, 0.15) is 38.3 Å². The van der Waals surface area contributed by atoms with Crippen molar-refractivity contribution in [2.45, 2.75) is 19.3 Å². The average molecular weight is 593 g/mol. The maximum absolute atomic E-state index is 14.4. The second-order valence-corrected chi connectivity index (χ2v) is 7.00. The largest absolute Gasteiger partial charge is 0.493 e. The van der Waals surface area contributed by atoms with Gasteiger partial charge >= 0.3 is 12.4 Å². The van der Waals surface area contributed by atoms with Crippen molar-refractivity contribution in [3.63, 3.8) is 0 Å². The first-order valence-corrected chi connectivity index (χ1v) is 9.01. The number of nitrogens with zero attached hydrogens (tertiary/aromatic N) is 3. The van der Waals surface area contributed by atoms with Gasteiger partial charge in [-0.05, 0) is 19.1 Å². The molecule has 0 fully saturated rings. The quantitative estimate of drug-likeness (QED) is 0.183. The van der Waals surface area contributed by atoms with E-state index in [9.17, 15) is 58.2 Å². The van der Waals surface area contributed by atoms with Gasteiger partial charge in [0.1, 0.15) is 28.7 Å². The number of alkyl halides is 6. The number of hydrogen-bond donors (Lipinski definition) is 1. The Morgan fingerprint density at radius 2 is 1.32 bits per heavy atom. The van der Waals surface area contributed by atoms with E-state index >= 15 is 0 Å². The molecule has 0 aliphatic carbocycles. The van der Waals surface area contributed by atoms with Crippen LogP contribution >= 0.6 is 0 Å². The molecule has 201 valence electrons. The summed E-state index contributed by atoms with van der Waals surface area (Å²) < 4.78 is 149. The summed E-state index contributed by atoms with van der Waals surface area (Å²) in [7, 11) is 0. The van der Waals surface area contributed by atoms with Crippen LogP contribution in [0.2, 0.25) is 0 Å². The van der Waals surface area contributed by atoms with E-state index in [0.29, 0.717) is 0 Å². The molecule has 3 rings (SSSR count). The van der Waals surface area contributed by atoms with Crippen LogP contribution in [0, 0.1) is 47.3 Å². The van der Waals surface area contributed by atoms with Crippen LogP contribution in [0.5, 0.6) is 5.88 Å². The maximum Gasteiger partial charge on any atom is 0.419 e. The number of benzene rings is 2. The molecule has 5 nitrogen and oxygen atoms in total. The van der Waals surface area contributed by atoms with E-state index < -0.39 is 92.3 Å². The number of ketones is 1. The van der Waals surface area contributed by atoms with Gasteiger partial charge < -0.3 is 5.11 Å². The average Bonchev–Trinajstić information content (AvgIpc) is 3.04. The van der Waals surface area contributed by atoms with Gasteiger partial charge in [0.05, 0.1) is 16.8 Å². The maximum atomic E-state index is 14.4. The normalized spacial score (nSPS) is 11.8. The zero-order chi connectivity index (χ0) is 27.5. The third-order valence-corrected chi connectivity index (χ3v) is 4.77. The minimum atomic E-state index is -5.70. The molecule has 0 bridgehead atoms. The van der Waals surface area contributed by atoms with E-state index in [1.165, 1.54) is 0 Å². The summed E-state index contributed by atoms with van der Waals surface area (Å²) >= 11 is 0. The molecule has 0 unspecified atom stereocenters. The van der Waals surface area contributed by atoms with Gasteiger partial charge in [-0.2, -0.15) is 41.4 Å². The van der Waals surface area contributed by atoms with Gasteiger partial charge in [0.2, 0.25) is 5.88 Å². The number of rotatable bonds is 3. The number of aromatic hydroxyl groups is 1. The minimum absolute atomic E-state index is 0. The van der Waals surface area contributed by atoms with E-state index in [-0.39, 0.29) is 33.9 Å². The van der Waals surface area contributed by atoms with Gasteiger partial charge in [-0.3, -0.25) is 4.79 Å². The minimum Gasteiger partial charge on any atom is -0.493 e. The van der Waals surface area contributed by atoms with Gasteiger partial charge in [0.15, 0.2) is 29.1 Å². The molecule has 0 spiro atoms. The van der Waals surface area contributed by atoms with Gasteiger partial charge in [-0.15, -0.1) is 0 Å². The zero-order valence-corrected chi connectivity index (χ0v) is 18.3. The fraction of sp³-hybridized carbons (Fsp3) is 0.150. The second kappa shape index (κ2) is 9.67. The number of aromatic nitrogens is 2. The zero-order valence-electron chi connectivity index (χ0n) is 17.3. The van der Waals surface area contributed by atoms with Crippen LogP contribution in [0.15, 0.2) is 12.1 Å². The van der Waals surface area contributed by atoms with E-state index in [1.807, 2.05) is 0 Å². The third kappa shape index (κ3) is 4.86. The van der Waals surface area contributed by atoms with Crippen LogP contribution in [-0.4, -0.2) is 20.7 Å². The summed E-state index contributed by atoms with van der Waals surface area (Å²) in [6.45, 7) is 0.800. The Morgan fingerprint density at radius 1 is 0.892 bits per heavy atom. The SMILES string of the molecule is Cc1nn(-c2c(F)c(F)c(C#N)c(F)c2F)c(O)c1C(=O)c1cc(C(F)(F)F)c(F)c(C(F)(F)F)c1.[Cu]. The molecule has 37 heavy (non-hydrogen) atoms. The molecular formula is C20H6CuF11N3O2. The molecule has 2 aromatic carbocycles. The summed E-state index contributed by atoms with van der Waals surface area (Å²) in [6.07, 6.45) is -11.4. The first-order valence-electron chi connectivity index (χ1n) is 9.01. The molecular weight excluding hydrogens is 587 g/mol. The first-order chi connectivity index (χ1) is 16.4. The van der Waals surface area contributed by atoms with Gasteiger partial charge in [0.25, 0.3) is 0 Å². The molecule has 1 radical (unpaired) electrons. The first kappa shape index (κ1) is 29.6. The Kier molecular flexibility index (Phi) is 7.73. The molecule has 1 N–H and O–H groups in total.